The van der Waals surface area contributed by atoms with Gasteiger partial charge < -0.3 is 9.26 Å². The third kappa shape index (κ3) is 3.71. The van der Waals surface area contributed by atoms with Crippen molar-refractivity contribution in [3.8, 4) is 22.8 Å². The summed E-state index contributed by atoms with van der Waals surface area (Å²) in [6, 6.07) is 11.2. The van der Waals surface area contributed by atoms with E-state index in [4.69, 9.17) is 14.5 Å². The molecule has 2 aromatic carbocycles. The fourth-order valence-electron chi connectivity index (χ4n) is 3.48. The zero-order valence-electron chi connectivity index (χ0n) is 16.1. The molecule has 1 fully saturated rings. The zero-order valence-corrected chi connectivity index (χ0v) is 16.9. The molecule has 0 aliphatic carbocycles. The minimum absolute atomic E-state index is 0.0741. The number of benzene rings is 2. The van der Waals surface area contributed by atoms with E-state index in [1.165, 1.54) is 54.0 Å². The van der Waals surface area contributed by atoms with Gasteiger partial charge in [-0.15, -0.1) is 0 Å². The molecule has 1 aliphatic rings. The summed E-state index contributed by atoms with van der Waals surface area (Å²) in [5.41, 5.74) is 2.51. The molecule has 1 amide bonds. The van der Waals surface area contributed by atoms with Gasteiger partial charge in [-0.3, -0.25) is 10.0 Å². The van der Waals surface area contributed by atoms with Crippen LogP contribution in [-0.4, -0.2) is 47.6 Å². The first-order chi connectivity index (χ1) is 14.9. The normalized spacial score (nSPS) is 16.1. The molecule has 11 heteroatoms. The summed E-state index contributed by atoms with van der Waals surface area (Å²) in [7, 11) is -4.13. The Morgan fingerprint density at radius 2 is 1.65 bits per heavy atom. The van der Waals surface area contributed by atoms with Gasteiger partial charge >= 0.3 is 0 Å². The van der Waals surface area contributed by atoms with Crippen LogP contribution < -0.4 is 5.48 Å². The number of amides is 1. The second kappa shape index (κ2) is 8.17. The molecule has 2 heterocycles. The average molecular weight is 447 g/mol. The van der Waals surface area contributed by atoms with Crippen molar-refractivity contribution in [2.45, 2.75) is 22.5 Å². The maximum absolute atomic E-state index is 13.3. The van der Waals surface area contributed by atoms with Crippen LogP contribution in [0.15, 0.2) is 57.9 Å². The third-order valence-electron chi connectivity index (χ3n) is 5.27. The summed E-state index contributed by atoms with van der Waals surface area (Å²) in [6.45, 7) is 0.166. The summed E-state index contributed by atoms with van der Waals surface area (Å²) in [4.78, 5) is 16.5. The number of rotatable bonds is 5. The van der Waals surface area contributed by atoms with Crippen LogP contribution in [0.25, 0.3) is 22.8 Å². The largest absolute Gasteiger partial charge is 0.381 e. The number of aromatic nitrogens is 2. The van der Waals surface area contributed by atoms with Crippen LogP contribution in [0.4, 0.5) is 4.39 Å². The molecular weight excluding hydrogens is 429 g/mol. The topological polar surface area (TPSA) is 132 Å². The lowest BCUT2D eigenvalue weighted by Crippen LogP contribution is -2.54. The van der Waals surface area contributed by atoms with Gasteiger partial charge in [0, 0.05) is 24.3 Å². The summed E-state index contributed by atoms with van der Waals surface area (Å²) in [5, 5.41) is 13.0. The van der Waals surface area contributed by atoms with Gasteiger partial charge in [-0.1, -0.05) is 5.16 Å². The van der Waals surface area contributed by atoms with Crippen molar-refractivity contribution in [3.63, 3.8) is 0 Å². The molecule has 0 saturated carbocycles. The molecule has 0 unspecified atom stereocenters. The highest BCUT2D eigenvalue weighted by Gasteiger charge is 2.52. The molecule has 0 bridgehead atoms. The first kappa shape index (κ1) is 21.1. The van der Waals surface area contributed by atoms with E-state index in [-0.39, 0.29) is 42.7 Å². The first-order valence-corrected chi connectivity index (χ1v) is 10.8. The molecule has 2 N–H and O–H groups in total. The molecule has 1 aromatic heterocycles. The highest BCUT2D eigenvalue weighted by atomic mass is 32.2. The van der Waals surface area contributed by atoms with Crippen molar-refractivity contribution in [2.75, 3.05) is 13.2 Å². The Morgan fingerprint density at radius 3 is 2.26 bits per heavy atom. The Morgan fingerprint density at radius 1 is 1.03 bits per heavy atom. The number of ether oxygens (including phenoxy) is 1. The second-order valence-electron chi connectivity index (χ2n) is 7.01. The van der Waals surface area contributed by atoms with Crippen LogP contribution in [-0.2, 0) is 19.4 Å². The zero-order chi connectivity index (χ0) is 22.1. The van der Waals surface area contributed by atoms with Crippen molar-refractivity contribution in [1.82, 2.24) is 15.6 Å². The Labute approximate surface area is 176 Å². The number of hydrogen-bond donors (Lipinski definition) is 2. The third-order valence-corrected chi connectivity index (χ3v) is 7.79. The molecule has 3 aromatic rings. The summed E-state index contributed by atoms with van der Waals surface area (Å²) < 4.78 is 48.2. The fraction of sp³-hybridized carbons (Fsp3) is 0.250. The van der Waals surface area contributed by atoms with Crippen molar-refractivity contribution >= 4 is 15.7 Å². The van der Waals surface area contributed by atoms with Crippen LogP contribution >= 0.6 is 0 Å². The number of carbonyl (C=O) groups excluding carboxylic acids is 1. The number of carbonyl (C=O) groups is 1. The van der Waals surface area contributed by atoms with Crippen molar-refractivity contribution < 1.29 is 32.1 Å². The number of sulfone groups is 1. The predicted octanol–water partition coefficient (Wildman–Crippen LogP) is 2.37. The van der Waals surface area contributed by atoms with E-state index in [9.17, 15) is 17.6 Å². The lowest BCUT2D eigenvalue weighted by atomic mass is 9.98. The molecule has 9 nitrogen and oxygen atoms in total. The molecule has 0 atom stereocenters. The van der Waals surface area contributed by atoms with Crippen LogP contribution in [0, 0.1) is 5.82 Å². The quantitative estimate of drug-likeness (QED) is 0.450. The van der Waals surface area contributed by atoms with Gasteiger partial charge in [-0.2, -0.15) is 4.98 Å². The van der Waals surface area contributed by atoms with E-state index in [0.717, 1.165) is 0 Å². The molecular formula is C20H18FN3O6S. The SMILES string of the molecule is O=C(NO)C1(S(=O)(=O)c2ccc(-c3noc(-c4ccc(F)cc4)n3)cc2)CCOCC1. The van der Waals surface area contributed by atoms with E-state index in [0.29, 0.717) is 11.1 Å². The smallest absolute Gasteiger partial charge is 0.265 e. The molecule has 31 heavy (non-hydrogen) atoms. The molecule has 0 spiro atoms. The van der Waals surface area contributed by atoms with E-state index < -0.39 is 26.3 Å². The van der Waals surface area contributed by atoms with Crippen LogP contribution in [0.1, 0.15) is 12.8 Å². The predicted molar refractivity (Wildman–Crippen MR) is 105 cm³/mol. The lowest BCUT2D eigenvalue weighted by Gasteiger charge is -2.34. The maximum Gasteiger partial charge on any atom is 0.265 e. The first-order valence-electron chi connectivity index (χ1n) is 9.34. The van der Waals surface area contributed by atoms with Crippen LogP contribution in [0.5, 0.6) is 0 Å². The number of halogens is 1. The van der Waals surface area contributed by atoms with Crippen LogP contribution in [0.3, 0.4) is 0 Å². The van der Waals surface area contributed by atoms with Gasteiger partial charge in [0.25, 0.3) is 11.8 Å². The molecule has 162 valence electrons. The van der Waals surface area contributed by atoms with Gasteiger partial charge in [0.15, 0.2) is 14.6 Å². The van der Waals surface area contributed by atoms with E-state index in [1.807, 2.05) is 0 Å². The molecule has 1 aliphatic heterocycles. The Bertz CT molecular complexity index is 1190. The molecule has 4 rings (SSSR count). The summed E-state index contributed by atoms with van der Waals surface area (Å²) in [5.74, 6) is -0.968. The number of hydrogen-bond acceptors (Lipinski definition) is 8. The van der Waals surface area contributed by atoms with Crippen LogP contribution in [0.2, 0.25) is 0 Å². The second-order valence-corrected chi connectivity index (χ2v) is 9.27. The summed E-state index contributed by atoms with van der Waals surface area (Å²) >= 11 is 0. The molecule has 1 saturated heterocycles. The highest BCUT2D eigenvalue weighted by Crippen LogP contribution is 2.36. The average Bonchev–Trinajstić information content (AvgIpc) is 3.29. The Kier molecular flexibility index (Phi) is 5.56. The van der Waals surface area contributed by atoms with Crippen molar-refractivity contribution in [2.24, 2.45) is 0 Å². The maximum atomic E-state index is 13.3. The van der Waals surface area contributed by atoms with Crippen molar-refractivity contribution in [1.29, 1.82) is 0 Å². The fourth-order valence-corrected chi connectivity index (χ4v) is 5.42. The lowest BCUT2D eigenvalue weighted by molar-refractivity contribution is -0.134. The van der Waals surface area contributed by atoms with Gasteiger partial charge in [0.1, 0.15) is 5.82 Å². The van der Waals surface area contributed by atoms with Gasteiger partial charge in [0.05, 0.1) is 4.90 Å². The standard InChI is InChI=1S/C20H18FN3O6S/c21-15-5-1-14(2-6-15)18-22-17(24-30-18)13-3-7-16(8-4-13)31(27,28)20(19(25)23-26)9-11-29-12-10-20/h1-8,26H,9-12H2,(H,23,25). The number of hydroxylamine groups is 1. The number of nitrogens with zero attached hydrogens (tertiary/aromatic N) is 2. The monoisotopic (exact) mass is 447 g/mol. The van der Waals surface area contributed by atoms with E-state index in [2.05, 4.69) is 10.1 Å². The van der Waals surface area contributed by atoms with Gasteiger partial charge in [-0.25, -0.2) is 18.3 Å². The minimum Gasteiger partial charge on any atom is -0.381 e. The van der Waals surface area contributed by atoms with Gasteiger partial charge in [-0.05, 0) is 61.4 Å². The van der Waals surface area contributed by atoms with E-state index >= 15 is 0 Å². The van der Waals surface area contributed by atoms with Gasteiger partial charge in [0.2, 0.25) is 5.82 Å². The molecule has 0 radical (unpaired) electrons. The van der Waals surface area contributed by atoms with Crippen molar-refractivity contribution in [3.05, 3.63) is 54.3 Å². The highest BCUT2D eigenvalue weighted by molar-refractivity contribution is 7.93. The Balaban J connectivity index is 1.63. The number of nitrogens with one attached hydrogen (secondary N) is 1. The van der Waals surface area contributed by atoms with E-state index in [1.54, 1.807) is 0 Å². The summed E-state index contributed by atoms with van der Waals surface area (Å²) in [6.07, 6.45) is -0.148. The Hall–Kier alpha value is -3.15. The minimum atomic E-state index is -4.13.